The number of rotatable bonds is 4. The Kier molecular flexibility index (Phi) is 3.97. The smallest absolute Gasteiger partial charge is 0.340 e. The summed E-state index contributed by atoms with van der Waals surface area (Å²) in [6.45, 7) is 2.02. The number of amides is 1. The molecule has 0 bridgehead atoms. The monoisotopic (exact) mass is 258 g/mol. The molecule has 2 rings (SSSR count). The Balaban J connectivity index is 2.21. The van der Waals surface area contributed by atoms with E-state index < -0.39 is 5.97 Å². The van der Waals surface area contributed by atoms with E-state index in [2.05, 4.69) is 10.3 Å². The van der Waals surface area contributed by atoms with Crippen LogP contribution < -0.4 is 5.32 Å². The van der Waals surface area contributed by atoms with E-state index in [1.165, 1.54) is 0 Å². The van der Waals surface area contributed by atoms with Crippen LogP contribution in [0.4, 0.5) is 5.69 Å². The number of benzene rings is 1. The maximum atomic E-state index is 11.9. The van der Waals surface area contributed by atoms with Gasteiger partial charge in [-0.05, 0) is 31.2 Å². The van der Waals surface area contributed by atoms with E-state index >= 15 is 0 Å². The highest BCUT2D eigenvalue weighted by Gasteiger charge is 2.14. The van der Waals surface area contributed by atoms with Gasteiger partial charge in [-0.2, -0.15) is 0 Å². The van der Waals surface area contributed by atoms with Crippen LogP contribution in [0.25, 0.3) is 0 Å². The van der Waals surface area contributed by atoms with Crippen molar-refractivity contribution in [1.82, 2.24) is 4.98 Å². The third-order valence-electron chi connectivity index (χ3n) is 2.51. The second-order valence-corrected chi connectivity index (χ2v) is 3.80. The fraction of sp³-hybridized carbons (Fsp3) is 0.143. The van der Waals surface area contributed by atoms with Crippen LogP contribution in [0.2, 0.25) is 0 Å². The molecular weight excluding hydrogens is 244 g/mol. The van der Waals surface area contributed by atoms with Crippen molar-refractivity contribution in [1.29, 1.82) is 0 Å². The van der Waals surface area contributed by atoms with Crippen LogP contribution in [-0.2, 0) is 4.74 Å². The van der Waals surface area contributed by atoms with Gasteiger partial charge in [-0.3, -0.25) is 4.79 Å². The fourth-order valence-corrected chi connectivity index (χ4v) is 1.64. The van der Waals surface area contributed by atoms with Crippen LogP contribution >= 0.6 is 0 Å². The Morgan fingerprint density at radius 3 is 2.68 bits per heavy atom. The van der Waals surface area contributed by atoms with Gasteiger partial charge in [0.2, 0.25) is 0 Å². The van der Waals surface area contributed by atoms with E-state index in [-0.39, 0.29) is 12.5 Å². The Bertz CT molecular complexity index is 576. The Labute approximate surface area is 110 Å². The van der Waals surface area contributed by atoms with Crippen molar-refractivity contribution in [2.24, 2.45) is 0 Å². The van der Waals surface area contributed by atoms with Crippen molar-refractivity contribution in [3.8, 4) is 0 Å². The number of ether oxygens (including phenoxy) is 1. The largest absolute Gasteiger partial charge is 0.462 e. The Morgan fingerprint density at radius 2 is 2.00 bits per heavy atom. The van der Waals surface area contributed by atoms with Crippen molar-refractivity contribution >= 4 is 17.6 Å². The zero-order valence-corrected chi connectivity index (χ0v) is 10.5. The minimum absolute atomic E-state index is 0.289. The summed E-state index contributed by atoms with van der Waals surface area (Å²) in [7, 11) is 0. The van der Waals surface area contributed by atoms with Crippen LogP contribution in [0.3, 0.4) is 0 Å². The van der Waals surface area contributed by atoms with Crippen molar-refractivity contribution in [2.45, 2.75) is 6.92 Å². The molecule has 5 nitrogen and oxygen atoms in total. The molecule has 2 N–H and O–H groups in total. The molecule has 0 atom stereocenters. The van der Waals surface area contributed by atoms with Gasteiger partial charge in [-0.15, -0.1) is 0 Å². The first kappa shape index (κ1) is 12.9. The first-order chi connectivity index (χ1) is 9.22. The summed E-state index contributed by atoms with van der Waals surface area (Å²) in [5.41, 5.74) is 1.20. The topological polar surface area (TPSA) is 71.2 Å². The van der Waals surface area contributed by atoms with E-state index in [9.17, 15) is 9.59 Å². The third kappa shape index (κ3) is 3.01. The first-order valence-corrected chi connectivity index (χ1v) is 5.93. The lowest BCUT2D eigenvalue weighted by Crippen LogP contribution is -2.16. The lowest BCUT2D eigenvalue weighted by molar-refractivity contribution is 0.0527. The minimum Gasteiger partial charge on any atom is -0.462 e. The van der Waals surface area contributed by atoms with Crippen LogP contribution in [0.15, 0.2) is 42.6 Å². The lowest BCUT2D eigenvalue weighted by atomic mass is 10.1. The van der Waals surface area contributed by atoms with Gasteiger partial charge >= 0.3 is 5.97 Å². The molecule has 0 saturated carbocycles. The highest BCUT2D eigenvalue weighted by atomic mass is 16.5. The molecule has 0 unspecified atom stereocenters. The predicted molar refractivity (Wildman–Crippen MR) is 71.1 cm³/mol. The standard InChI is InChI=1S/C14H14N2O3/c1-2-19-14(18)10-6-3-4-7-11(10)16-13(17)12-8-5-9-15-12/h3-9,15H,2H2,1H3,(H,16,17). The first-order valence-electron chi connectivity index (χ1n) is 5.93. The third-order valence-corrected chi connectivity index (χ3v) is 2.51. The van der Waals surface area contributed by atoms with Crippen molar-refractivity contribution in [3.63, 3.8) is 0 Å². The SMILES string of the molecule is CCOC(=O)c1ccccc1NC(=O)c1ccc[nH]1. The van der Waals surface area contributed by atoms with Gasteiger partial charge in [-0.1, -0.05) is 12.1 Å². The molecular formula is C14H14N2O3. The lowest BCUT2D eigenvalue weighted by Gasteiger charge is -2.09. The summed E-state index contributed by atoms with van der Waals surface area (Å²) in [5, 5.41) is 2.68. The number of hydrogen-bond acceptors (Lipinski definition) is 3. The number of hydrogen-bond donors (Lipinski definition) is 2. The molecule has 1 heterocycles. The van der Waals surface area contributed by atoms with Gasteiger partial charge in [0.15, 0.2) is 0 Å². The molecule has 0 saturated heterocycles. The summed E-state index contributed by atoms with van der Waals surface area (Å²) in [4.78, 5) is 26.5. The minimum atomic E-state index is -0.454. The molecule has 1 aromatic carbocycles. The molecule has 5 heteroatoms. The average molecular weight is 258 g/mol. The van der Waals surface area contributed by atoms with Crippen LogP contribution in [-0.4, -0.2) is 23.5 Å². The predicted octanol–water partition coefficient (Wildman–Crippen LogP) is 2.44. The van der Waals surface area contributed by atoms with Gasteiger partial charge in [0.05, 0.1) is 17.9 Å². The Hall–Kier alpha value is -2.56. The fourth-order valence-electron chi connectivity index (χ4n) is 1.64. The zero-order valence-electron chi connectivity index (χ0n) is 10.5. The van der Waals surface area contributed by atoms with Gasteiger partial charge < -0.3 is 15.0 Å². The maximum Gasteiger partial charge on any atom is 0.340 e. The van der Waals surface area contributed by atoms with Crippen LogP contribution in [0.5, 0.6) is 0 Å². The molecule has 0 aliphatic heterocycles. The van der Waals surface area contributed by atoms with Crippen LogP contribution in [0, 0.1) is 0 Å². The number of nitrogens with one attached hydrogen (secondary N) is 2. The van der Waals surface area contributed by atoms with Gasteiger partial charge in [0.25, 0.3) is 5.91 Å². The number of carbonyl (C=O) groups excluding carboxylic acids is 2. The molecule has 0 aliphatic rings. The Morgan fingerprint density at radius 1 is 1.21 bits per heavy atom. The number of carbonyl (C=O) groups is 2. The van der Waals surface area contributed by atoms with Crippen molar-refractivity contribution in [2.75, 3.05) is 11.9 Å². The van der Waals surface area contributed by atoms with Crippen molar-refractivity contribution < 1.29 is 14.3 Å². The number of aromatic amines is 1. The second-order valence-electron chi connectivity index (χ2n) is 3.80. The van der Waals surface area contributed by atoms with Crippen LogP contribution in [0.1, 0.15) is 27.8 Å². The summed E-state index contributed by atoms with van der Waals surface area (Å²) >= 11 is 0. The second kappa shape index (κ2) is 5.86. The van der Waals surface area contributed by atoms with E-state index in [4.69, 9.17) is 4.74 Å². The number of H-pyrrole nitrogens is 1. The molecule has 0 fully saturated rings. The van der Waals surface area contributed by atoms with Gasteiger partial charge in [0.1, 0.15) is 5.69 Å². The summed E-state index contributed by atoms with van der Waals surface area (Å²) in [6, 6.07) is 10.1. The van der Waals surface area contributed by atoms with E-state index in [1.54, 1.807) is 49.5 Å². The van der Waals surface area contributed by atoms with E-state index in [0.29, 0.717) is 16.9 Å². The normalized spacial score (nSPS) is 9.95. The quantitative estimate of drug-likeness (QED) is 0.827. The summed E-state index contributed by atoms with van der Waals surface area (Å²) < 4.78 is 4.94. The zero-order chi connectivity index (χ0) is 13.7. The highest BCUT2D eigenvalue weighted by Crippen LogP contribution is 2.17. The van der Waals surface area contributed by atoms with Gasteiger partial charge in [0, 0.05) is 6.20 Å². The highest BCUT2D eigenvalue weighted by molar-refractivity contribution is 6.07. The summed E-state index contributed by atoms with van der Waals surface area (Å²) in [5.74, 6) is -0.758. The van der Waals surface area contributed by atoms with E-state index in [0.717, 1.165) is 0 Å². The molecule has 98 valence electrons. The molecule has 0 spiro atoms. The van der Waals surface area contributed by atoms with Gasteiger partial charge in [-0.25, -0.2) is 4.79 Å². The average Bonchev–Trinajstić information content (AvgIpc) is 2.93. The molecule has 0 aliphatic carbocycles. The molecule has 1 amide bonds. The maximum absolute atomic E-state index is 11.9. The molecule has 1 aromatic heterocycles. The molecule has 19 heavy (non-hydrogen) atoms. The van der Waals surface area contributed by atoms with E-state index in [1.807, 2.05) is 0 Å². The summed E-state index contributed by atoms with van der Waals surface area (Å²) in [6.07, 6.45) is 1.66. The molecule has 2 aromatic rings. The number of anilines is 1. The van der Waals surface area contributed by atoms with Crippen molar-refractivity contribution in [3.05, 3.63) is 53.9 Å². The number of para-hydroxylation sites is 1. The molecule has 0 radical (unpaired) electrons. The number of esters is 1. The number of aromatic nitrogens is 1.